The second kappa shape index (κ2) is 8.25. The van der Waals surface area contributed by atoms with E-state index in [0.29, 0.717) is 11.3 Å². The zero-order chi connectivity index (χ0) is 19.7. The van der Waals surface area contributed by atoms with Gasteiger partial charge in [0, 0.05) is 0 Å². The average Bonchev–Trinajstić information content (AvgIpc) is 3.14. The first-order chi connectivity index (χ1) is 12.7. The summed E-state index contributed by atoms with van der Waals surface area (Å²) < 4.78 is 5.56. The Balaban J connectivity index is 1.65. The predicted molar refractivity (Wildman–Crippen MR) is 114 cm³/mol. The van der Waals surface area contributed by atoms with E-state index in [-0.39, 0.29) is 0 Å². The third kappa shape index (κ3) is 4.77. The molecule has 0 aromatic rings. The van der Waals surface area contributed by atoms with E-state index < -0.39 is 5.60 Å². The maximum atomic E-state index is 10.0. The minimum atomic E-state index is -0.524. The molecular formula is C25H40O2. The van der Waals surface area contributed by atoms with Gasteiger partial charge >= 0.3 is 0 Å². The Morgan fingerprint density at radius 1 is 1.30 bits per heavy atom. The summed E-state index contributed by atoms with van der Waals surface area (Å²) in [5.74, 6) is 2.28. The fraction of sp³-hybridized carbons (Fsp3) is 0.760. The van der Waals surface area contributed by atoms with Crippen LogP contribution in [0, 0.1) is 23.2 Å². The first-order valence-electron chi connectivity index (χ1n) is 11.1. The average molecular weight is 373 g/mol. The molecule has 0 unspecified atom stereocenters. The Bertz CT molecular complexity index is 619. The van der Waals surface area contributed by atoms with Crippen LogP contribution in [0.3, 0.4) is 0 Å². The monoisotopic (exact) mass is 372 g/mol. The Labute approximate surface area is 166 Å². The number of rotatable bonds is 7. The number of aliphatic hydroxyl groups is 1. The van der Waals surface area contributed by atoms with Crippen molar-refractivity contribution in [2.24, 2.45) is 23.2 Å². The molecule has 0 radical (unpaired) electrons. The van der Waals surface area contributed by atoms with E-state index >= 15 is 0 Å². The molecule has 2 heteroatoms. The molecule has 1 aliphatic heterocycles. The molecular weight excluding hydrogens is 332 g/mol. The fourth-order valence-corrected chi connectivity index (χ4v) is 5.96. The van der Waals surface area contributed by atoms with Crippen molar-refractivity contribution in [3.05, 3.63) is 34.9 Å². The van der Waals surface area contributed by atoms with Crippen LogP contribution in [-0.2, 0) is 4.74 Å². The topological polar surface area (TPSA) is 29.5 Å². The number of fused-ring (bicyclic) bond motifs is 1. The molecule has 0 amide bonds. The van der Waals surface area contributed by atoms with Gasteiger partial charge in [-0.2, -0.15) is 0 Å². The van der Waals surface area contributed by atoms with Crippen LogP contribution in [0.1, 0.15) is 79.6 Å². The van der Waals surface area contributed by atoms with Crippen molar-refractivity contribution in [2.75, 3.05) is 13.2 Å². The summed E-state index contributed by atoms with van der Waals surface area (Å²) in [5.41, 5.74) is 4.25. The summed E-state index contributed by atoms with van der Waals surface area (Å²) in [6, 6.07) is 0. The lowest BCUT2D eigenvalue weighted by Crippen LogP contribution is -2.35. The van der Waals surface area contributed by atoms with Crippen LogP contribution in [0.2, 0.25) is 0 Å². The van der Waals surface area contributed by atoms with E-state index in [1.165, 1.54) is 43.3 Å². The Morgan fingerprint density at radius 2 is 2.07 bits per heavy atom. The molecule has 0 aromatic heterocycles. The number of hydrogen-bond donors (Lipinski definition) is 1. The molecule has 1 saturated carbocycles. The summed E-state index contributed by atoms with van der Waals surface area (Å²) in [5, 5.41) is 10.0. The lowest BCUT2D eigenvalue weighted by atomic mass is 9.62. The number of allylic oxidation sites excluding steroid dienone is 3. The van der Waals surface area contributed by atoms with Gasteiger partial charge in [-0.15, -0.1) is 0 Å². The largest absolute Gasteiger partial charge is 0.390 e. The molecule has 2 aliphatic carbocycles. The van der Waals surface area contributed by atoms with Gasteiger partial charge in [0.2, 0.25) is 0 Å². The van der Waals surface area contributed by atoms with E-state index in [9.17, 15) is 5.11 Å². The van der Waals surface area contributed by atoms with E-state index in [2.05, 4.69) is 39.0 Å². The van der Waals surface area contributed by atoms with Gasteiger partial charge in [0.15, 0.2) is 0 Å². The van der Waals surface area contributed by atoms with Gasteiger partial charge in [0.05, 0.1) is 18.8 Å². The Morgan fingerprint density at radius 3 is 2.74 bits per heavy atom. The quantitative estimate of drug-likeness (QED) is 0.575. The van der Waals surface area contributed by atoms with Gasteiger partial charge in [-0.05, 0) is 92.8 Å². The second-order valence-electron chi connectivity index (χ2n) is 10.3. The van der Waals surface area contributed by atoms with Crippen LogP contribution in [0.15, 0.2) is 34.9 Å². The molecule has 0 spiro atoms. The molecule has 1 N–H and O–H groups in total. The number of hydrogen-bond acceptors (Lipinski definition) is 2. The van der Waals surface area contributed by atoms with Crippen LogP contribution in [0.4, 0.5) is 0 Å². The zero-order valence-electron chi connectivity index (χ0n) is 18.2. The highest BCUT2D eigenvalue weighted by atomic mass is 16.5. The van der Waals surface area contributed by atoms with Crippen molar-refractivity contribution in [3.63, 3.8) is 0 Å². The van der Waals surface area contributed by atoms with Crippen molar-refractivity contribution in [1.29, 1.82) is 0 Å². The molecule has 3 aliphatic rings. The Hall–Kier alpha value is -0.860. The molecule has 0 saturated heterocycles. The van der Waals surface area contributed by atoms with Gasteiger partial charge in [-0.3, -0.25) is 0 Å². The summed E-state index contributed by atoms with van der Waals surface area (Å²) in [7, 11) is 0. The van der Waals surface area contributed by atoms with Crippen LogP contribution >= 0.6 is 0 Å². The fourth-order valence-electron chi connectivity index (χ4n) is 5.96. The molecule has 1 heterocycles. The van der Waals surface area contributed by atoms with Crippen molar-refractivity contribution < 1.29 is 9.84 Å². The van der Waals surface area contributed by atoms with Gasteiger partial charge in [0.25, 0.3) is 0 Å². The SMILES string of the molecule is CC1=C(/C=C\C2=CCC[C@]3(C)[C@@H]([C@H](C)CCCC(C)(C)O)CC[C@@H]23)COC1. The number of ether oxygens (including phenoxy) is 1. The lowest BCUT2D eigenvalue weighted by Gasteiger charge is -2.43. The molecule has 0 aromatic carbocycles. The highest BCUT2D eigenvalue weighted by molar-refractivity contribution is 5.36. The highest BCUT2D eigenvalue weighted by Gasteiger charge is 2.49. The summed E-state index contributed by atoms with van der Waals surface area (Å²) in [6.45, 7) is 12.6. The minimum Gasteiger partial charge on any atom is -0.390 e. The van der Waals surface area contributed by atoms with Gasteiger partial charge < -0.3 is 9.84 Å². The van der Waals surface area contributed by atoms with Crippen LogP contribution < -0.4 is 0 Å². The molecule has 152 valence electrons. The van der Waals surface area contributed by atoms with Crippen LogP contribution in [-0.4, -0.2) is 23.9 Å². The van der Waals surface area contributed by atoms with Crippen molar-refractivity contribution in [2.45, 2.75) is 85.2 Å². The van der Waals surface area contributed by atoms with E-state index in [0.717, 1.165) is 37.9 Å². The second-order valence-corrected chi connectivity index (χ2v) is 10.3. The third-order valence-electron chi connectivity index (χ3n) is 7.61. The summed E-state index contributed by atoms with van der Waals surface area (Å²) >= 11 is 0. The van der Waals surface area contributed by atoms with Crippen molar-refractivity contribution >= 4 is 0 Å². The first kappa shape index (κ1) is 20.9. The van der Waals surface area contributed by atoms with Crippen LogP contribution in [0.5, 0.6) is 0 Å². The van der Waals surface area contributed by atoms with E-state index in [1.54, 1.807) is 5.57 Å². The molecule has 2 nitrogen and oxygen atoms in total. The molecule has 4 atom stereocenters. The molecule has 3 rings (SSSR count). The molecule has 27 heavy (non-hydrogen) atoms. The first-order valence-corrected chi connectivity index (χ1v) is 11.1. The summed E-state index contributed by atoms with van der Waals surface area (Å²) in [6.07, 6.45) is 15.8. The van der Waals surface area contributed by atoms with Crippen molar-refractivity contribution in [3.8, 4) is 0 Å². The summed E-state index contributed by atoms with van der Waals surface area (Å²) in [4.78, 5) is 0. The molecule has 1 fully saturated rings. The zero-order valence-corrected chi connectivity index (χ0v) is 18.2. The predicted octanol–water partition coefficient (Wildman–Crippen LogP) is 6.22. The highest BCUT2D eigenvalue weighted by Crippen LogP contribution is 2.58. The lowest BCUT2D eigenvalue weighted by molar-refractivity contribution is 0.0613. The third-order valence-corrected chi connectivity index (χ3v) is 7.61. The van der Waals surface area contributed by atoms with Gasteiger partial charge in [-0.1, -0.05) is 44.9 Å². The normalized spacial score (nSPS) is 32.9. The maximum absolute atomic E-state index is 10.0. The minimum absolute atomic E-state index is 0.443. The van der Waals surface area contributed by atoms with E-state index in [4.69, 9.17) is 4.74 Å². The van der Waals surface area contributed by atoms with Gasteiger partial charge in [0.1, 0.15) is 0 Å². The van der Waals surface area contributed by atoms with Crippen molar-refractivity contribution in [1.82, 2.24) is 0 Å². The standard InChI is InChI=1S/C25H40O2/c1-18(8-6-14-24(3,4)26)22-12-13-23-20(9-7-15-25(22,23)5)10-11-21-17-27-16-19(21)2/h9-11,18,22-23,26H,6-8,12-17H2,1-5H3/b11-10-/t18-,22-,23+,25-/m1/s1. The van der Waals surface area contributed by atoms with Crippen LogP contribution in [0.25, 0.3) is 0 Å². The smallest absolute Gasteiger partial charge is 0.0721 e. The molecule has 0 bridgehead atoms. The van der Waals surface area contributed by atoms with E-state index in [1.807, 2.05) is 13.8 Å². The maximum Gasteiger partial charge on any atom is 0.0721 e. The Kier molecular flexibility index (Phi) is 6.37. The van der Waals surface area contributed by atoms with Gasteiger partial charge in [-0.25, -0.2) is 0 Å².